The van der Waals surface area contributed by atoms with Gasteiger partial charge in [0.2, 0.25) is 0 Å². The number of benzene rings is 2. The molecule has 0 aliphatic rings. The summed E-state index contributed by atoms with van der Waals surface area (Å²) in [6.45, 7) is 0. The summed E-state index contributed by atoms with van der Waals surface area (Å²) in [5.41, 5.74) is -0.475. The van der Waals surface area contributed by atoms with Crippen LogP contribution in [0.15, 0.2) is 36.4 Å². The molecule has 0 aliphatic heterocycles. The molecule has 0 saturated heterocycles. The number of hydrogen-bond acceptors (Lipinski definition) is 2. The van der Waals surface area contributed by atoms with Crippen molar-refractivity contribution in [2.24, 2.45) is 0 Å². The molecule has 0 heterocycles. The number of phenolic OH excluding ortho intramolecular Hbond substituents is 1. The van der Waals surface area contributed by atoms with Crippen molar-refractivity contribution in [2.75, 3.05) is 5.32 Å². The van der Waals surface area contributed by atoms with Gasteiger partial charge in [0.05, 0.1) is 5.56 Å². The Kier molecular flexibility index (Phi) is 3.41. The van der Waals surface area contributed by atoms with Crippen molar-refractivity contribution in [3.8, 4) is 5.75 Å². The number of halogens is 3. The fourth-order valence-corrected chi connectivity index (χ4v) is 1.51. The van der Waals surface area contributed by atoms with Crippen molar-refractivity contribution >= 4 is 11.6 Å². The van der Waals surface area contributed by atoms with Crippen LogP contribution < -0.4 is 5.32 Å². The number of rotatable bonds is 2. The van der Waals surface area contributed by atoms with Crippen LogP contribution >= 0.6 is 0 Å². The number of phenols is 1. The first-order chi connectivity index (χ1) is 8.95. The summed E-state index contributed by atoms with van der Waals surface area (Å²) < 4.78 is 39.2. The molecule has 1 amide bonds. The van der Waals surface area contributed by atoms with E-state index in [1.165, 1.54) is 0 Å². The topological polar surface area (TPSA) is 49.3 Å². The molecule has 0 radical (unpaired) electrons. The summed E-state index contributed by atoms with van der Waals surface area (Å²) in [6.07, 6.45) is 0. The second-order valence-electron chi connectivity index (χ2n) is 3.78. The van der Waals surface area contributed by atoms with Gasteiger partial charge in [-0.1, -0.05) is 0 Å². The van der Waals surface area contributed by atoms with Gasteiger partial charge in [0, 0.05) is 17.8 Å². The molecule has 0 unspecified atom stereocenters. The fraction of sp³-hybridized carbons (Fsp3) is 0. The third-order valence-electron chi connectivity index (χ3n) is 2.32. The Labute approximate surface area is 106 Å². The van der Waals surface area contributed by atoms with Gasteiger partial charge < -0.3 is 10.4 Å². The molecular formula is C13H8F3NO2. The molecule has 2 N–H and O–H groups in total. The largest absolute Gasteiger partial charge is 0.508 e. The van der Waals surface area contributed by atoms with E-state index in [0.717, 1.165) is 30.3 Å². The quantitative estimate of drug-likeness (QED) is 0.878. The molecule has 2 aromatic rings. The Hall–Kier alpha value is -2.50. The van der Waals surface area contributed by atoms with Gasteiger partial charge in [-0.3, -0.25) is 4.79 Å². The normalized spacial score (nSPS) is 10.3. The van der Waals surface area contributed by atoms with Crippen LogP contribution in [0.5, 0.6) is 5.75 Å². The van der Waals surface area contributed by atoms with Crippen molar-refractivity contribution in [1.82, 2.24) is 0 Å². The van der Waals surface area contributed by atoms with Crippen molar-refractivity contribution in [2.45, 2.75) is 0 Å². The van der Waals surface area contributed by atoms with E-state index in [1.54, 1.807) is 0 Å². The SMILES string of the molecule is O=C(Nc1cc(F)cc(F)c1)c1ccc(O)cc1F. The molecule has 0 saturated carbocycles. The highest BCUT2D eigenvalue weighted by atomic mass is 19.1. The Morgan fingerprint density at radius 1 is 1.00 bits per heavy atom. The number of carbonyl (C=O) groups excluding carboxylic acids is 1. The van der Waals surface area contributed by atoms with Gasteiger partial charge in [0.25, 0.3) is 5.91 Å². The van der Waals surface area contributed by atoms with Crippen molar-refractivity contribution in [1.29, 1.82) is 0 Å². The third-order valence-corrected chi connectivity index (χ3v) is 2.32. The van der Waals surface area contributed by atoms with E-state index in [0.29, 0.717) is 6.07 Å². The highest BCUT2D eigenvalue weighted by molar-refractivity contribution is 6.04. The van der Waals surface area contributed by atoms with Crippen molar-refractivity contribution in [3.05, 3.63) is 59.4 Å². The molecule has 0 aromatic heterocycles. The zero-order chi connectivity index (χ0) is 14.0. The first-order valence-electron chi connectivity index (χ1n) is 5.21. The summed E-state index contributed by atoms with van der Waals surface area (Å²) >= 11 is 0. The average molecular weight is 267 g/mol. The zero-order valence-electron chi connectivity index (χ0n) is 9.45. The number of hydrogen-bond donors (Lipinski definition) is 2. The van der Waals surface area contributed by atoms with E-state index in [-0.39, 0.29) is 17.0 Å². The van der Waals surface area contributed by atoms with Gasteiger partial charge in [-0.05, 0) is 24.3 Å². The van der Waals surface area contributed by atoms with E-state index >= 15 is 0 Å². The van der Waals surface area contributed by atoms with E-state index in [4.69, 9.17) is 5.11 Å². The summed E-state index contributed by atoms with van der Waals surface area (Å²) in [7, 11) is 0. The number of anilines is 1. The molecule has 6 heteroatoms. The van der Waals surface area contributed by atoms with Gasteiger partial charge >= 0.3 is 0 Å². The average Bonchev–Trinajstić information content (AvgIpc) is 2.26. The van der Waals surface area contributed by atoms with Gasteiger partial charge in [-0.15, -0.1) is 0 Å². The molecule has 19 heavy (non-hydrogen) atoms. The van der Waals surface area contributed by atoms with Gasteiger partial charge in [0.15, 0.2) is 0 Å². The number of nitrogens with one attached hydrogen (secondary N) is 1. The Bertz CT molecular complexity index is 624. The standard InChI is InChI=1S/C13H8F3NO2/c14-7-3-8(15)5-9(4-7)17-13(19)11-2-1-10(18)6-12(11)16/h1-6,18H,(H,17,19). The molecule has 0 spiro atoms. The van der Waals surface area contributed by atoms with Crippen LogP contribution in [0.25, 0.3) is 0 Å². The predicted octanol–water partition coefficient (Wildman–Crippen LogP) is 3.06. The predicted molar refractivity (Wildman–Crippen MR) is 62.4 cm³/mol. The molecule has 0 bridgehead atoms. The minimum absolute atomic E-state index is 0.130. The summed E-state index contributed by atoms with van der Waals surface area (Å²) in [4.78, 5) is 11.7. The van der Waals surface area contributed by atoms with Crippen LogP contribution in [0.4, 0.5) is 18.9 Å². The third kappa shape index (κ3) is 3.04. The van der Waals surface area contributed by atoms with Crippen LogP contribution in [0.3, 0.4) is 0 Å². The maximum Gasteiger partial charge on any atom is 0.258 e. The molecule has 2 rings (SSSR count). The van der Waals surface area contributed by atoms with E-state index < -0.39 is 23.4 Å². The molecule has 0 fully saturated rings. The summed E-state index contributed by atoms with van der Waals surface area (Å²) in [5.74, 6) is -3.86. The lowest BCUT2D eigenvalue weighted by molar-refractivity contribution is 0.102. The Balaban J connectivity index is 2.25. The Morgan fingerprint density at radius 2 is 1.63 bits per heavy atom. The molecular weight excluding hydrogens is 259 g/mol. The van der Waals surface area contributed by atoms with E-state index in [1.807, 2.05) is 0 Å². The minimum Gasteiger partial charge on any atom is -0.508 e. The minimum atomic E-state index is -0.936. The first-order valence-corrected chi connectivity index (χ1v) is 5.21. The van der Waals surface area contributed by atoms with Crippen LogP contribution in [0.1, 0.15) is 10.4 Å². The van der Waals surface area contributed by atoms with E-state index in [9.17, 15) is 18.0 Å². The maximum atomic E-state index is 13.4. The smallest absolute Gasteiger partial charge is 0.258 e. The summed E-state index contributed by atoms with van der Waals surface area (Å²) in [5, 5.41) is 11.2. The maximum absolute atomic E-state index is 13.4. The highest BCUT2D eigenvalue weighted by Gasteiger charge is 2.13. The molecule has 2 aromatic carbocycles. The van der Waals surface area contributed by atoms with Crippen LogP contribution in [0, 0.1) is 17.5 Å². The van der Waals surface area contributed by atoms with Crippen LogP contribution in [-0.2, 0) is 0 Å². The molecule has 0 atom stereocenters. The number of amides is 1. The van der Waals surface area contributed by atoms with Crippen molar-refractivity contribution in [3.63, 3.8) is 0 Å². The second-order valence-corrected chi connectivity index (χ2v) is 3.78. The molecule has 3 nitrogen and oxygen atoms in total. The molecule has 0 aliphatic carbocycles. The lowest BCUT2D eigenvalue weighted by Crippen LogP contribution is -2.14. The monoisotopic (exact) mass is 267 g/mol. The molecule has 98 valence electrons. The fourth-order valence-electron chi connectivity index (χ4n) is 1.51. The van der Waals surface area contributed by atoms with Crippen molar-refractivity contribution < 1.29 is 23.1 Å². The lowest BCUT2D eigenvalue weighted by atomic mass is 10.2. The van der Waals surface area contributed by atoms with Crippen LogP contribution in [0.2, 0.25) is 0 Å². The van der Waals surface area contributed by atoms with Gasteiger partial charge in [0.1, 0.15) is 23.2 Å². The summed E-state index contributed by atoms with van der Waals surface area (Å²) in [6, 6.07) is 5.41. The van der Waals surface area contributed by atoms with Gasteiger partial charge in [-0.2, -0.15) is 0 Å². The van der Waals surface area contributed by atoms with Crippen LogP contribution in [-0.4, -0.2) is 11.0 Å². The number of carbonyl (C=O) groups is 1. The number of aromatic hydroxyl groups is 1. The second kappa shape index (κ2) is 5.01. The lowest BCUT2D eigenvalue weighted by Gasteiger charge is -2.06. The first kappa shape index (κ1) is 12.9. The van der Waals surface area contributed by atoms with E-state index in [2.05, 4.69) is 5.32 Å². The van der Waals surface area contributed by atoms with Gasteiger partial charge in [-0.25, -0.2) is 13.2 Å². The Morgan fingerprint density at radius 3 is 2.21 bits per heavy atom. The zero-order valence-corrected chi connectivity index (χ0v) is 9.45. The highest BCUT2D eigenvalue weighted by Crippen LogP contribution is 2.18.